The van der Waals surface area contributed by atoms with Gasteiger partial charge in [-0.05, 0) is 44.2 Å². The Kier molecular flexibility index (Phi) is 8.76. The van der Waals surface area contributed by atoms with Gasteiger partial charge in [0.2, 0.25) is 0 Å². The quantitative estimate of drug-likeness (QED) is 0.298. The van der Waals surface area contributed by atoms with Crippen LogP contribution in [0, 0.1) is 0 Å². The van der Waals surface area contributed by atoms with Gasteiger partial charge in [0.25, 0.3) is 5.91 Å². The van der Waals surface area contributed by atoms with Crippen LogP contribution in [0.4, 0.5) is 11.4 Å². The fraction of sp³-hybridized carbons (Fsp3) is 0.471. The lowest BCUT2D eigenvalue weighted by molar-refractivity contribution is 0.0112. The minimum absolute atomic E-state index is 0.0248. The van der Waals surface area contributed by atoms with Crippen molar-refractivity contribution in [2.24, 2.45) is 4.99 Å². The van der Waals surface area contributed by atoms with Gasteiger partial charge in [0.1, 0.15) is 12.5 Å². The van der Waals surface area contributed by atoms with E-state index in [4.69, 9.17) is 18.9 Å². The fourth-order valence-corrected chi connectivity index (χ4v) is 6.66. The lowest BCUT2D eigenvalue weighted by Gasteiger charge is -2.30. The van der Waals surface area contributed by atoms with Crippen molar-refractivity contribution in [2.45, 2.75) is 56.6 Å². The number of ether oxygens (including phenoxy) is 4. The zero-order valence-corrected chi connectivity index (χ0v) is 26.2. The van der Waals surface area contributed by atoms with Gasteiger partial charge in [0.15, 0.2) is 23.0 Å². The van der Waals surface area contributed by atoms with Gasteiger partial charge in [0, 0.05) is 44.0 Å². The molecule has 6 rings (SSSR count). The molecule has 4 unspecified atom stereocenters. The molecule has 1 amide bonds. The summed E-state index contributed by atoms with van der Waals surface area (Å²) < 4.78 is 23.4. The number of anilines is 1. The van der Waals surface area contributed by atoms with E-state index in [-0.39, 0.29) is 18.0 Å². The summed E-state index contributed by atoms with van der Waals surface area (Å²) in [5.41, 5.74) is 4.45. The topological polar surface area (TPSA) is 117 Å². The van der Waals surface area contributed by atoms with Crippen molar-refractivity contribution in [1.29, 1.82) is 0 Å². The monoisotopic (exact) mass is 618 g/mol. The Bertz CT molecular complexity index is 1520. The first-order valence-corrected chi connectivity index (χ1v) is 15.4. The molecule has 0 radical (unpaired) electrons. The minimum Gasteiger partial charge on any atom is -0.493 e. The van der Waals surface area contributed by atoms with Crippen molar-refractivity contribution in [3.63, 3.8) is 0 Å². The third-order valence-corrected chi connectivity index (χ3v) is 9.11. The van der Waals surface area contributed by atoms with Crippen LogP contribution in [-0.4, -0.2) is 98.0 Å². The molecular formula is C34H42N4O7. The highest BCUT2D eigenvalue weighted by Crippen LogP contribution is 2.43. The molecule has 0 bridgehead atoms. The maximum Gasteiger partial charge on any atom is 0.256 e. The van der Waals surface area contributed by atoms with Crippen molar-refractivity contribution in [3.05, 3.63) is 59.7 Å². The van der Waals surface area contributed by atoms with E-state index in [0.29, 0.717) is 78.2 Å². The van der Waals surface area contributed by atoms with Gasteiger partial charge in [-0.3, -0.25) is 14.7 Å². The van der Waals surface area contributed by atoms with Gasteiger partial charge in [-0.2, -0.15) is 0 Å². The number of hydrogen-bond donors (Lipinski definition) is 2. The molecule has 2 saturated heterocycles. The van der Waals surface area contributed by atoms with E-state index in [1.165, 1.54) is 0 Å². The average Bonchev–Trinajstić information content (AvgIpc) is 3.58. The second kappa shape index (κ2) is 12.7. The van der Waals surface area contributed by atoms with Crippen molar-refractivity contribution < 1.29 is 34.0 Å². The molecule has 11 nitrogen and oxygen atoms in total. The van der Waals surface area contributed by atoms with Crippen LogP contribution in [-0.2, 0) is 0 Å². The number of hydrogen-bond acceptors (Lipinski definition) is 10. The molecule has 0 aromatic heterocycles. The van der Waals surface area contributed by atoms with E-state index in [2.05, 4.69) is 18.2 Å². The molecular weight excluding hydrogens is 576 g/mol. The summed E-state index contributed by atoms with van der Waals surface area (Å²) in [7, 11) is 4.92. The standard InChI is InChI=1S/C34H42N4O7/c1-20-11-22-17-35-25-15-30(28(42-4)13-23(25)32(39)37(22)18-20)44-9-7-6-8-10-45-31-16-26-24(14-29(31)43-5)33(40)38-19-21(2)12-27(38)34(41)36(26)3/h13-17,22,27,32,34,39,41H,1-2,6-12,18-19H2,3-5H3. The summed E-state index contributed by atoms with van der Waals surface area (Å²) in [6.45, 7) is 10.1. The van der Waals surface area contributed by atoms with E-state index < -0.39 is 12.5 Å². The van der Waals surface area contributed by atoms with Gasteiger partial charge in [0.05, 0.1) is 56.5 Å². The van der Waals surface area contributed by atoms with Crippen LogP contribution in [0.1, 0.15) is 54.3 Å². The van der Waals surface area contributed by atoms with Gasteiger partial charge in [-0.1, -0.05) is 24.3 Å². The number of aliphatic hydroxyl groups excluding tert-OH is 2. The molecule has 2 aromatic rings. The molecule has 0 aliphatic carbocycles. The Hall–Kier alpha value is -4.06. The third kappa shape index (κ3) is 5.87. The molecule has 240 valence electrons. The summed E-state index contributed by atoms with van der Waals surface area (Å²) in [6, 6.07) is 6.80. The number of fused-ring (bicyclic) bond motifs is 4. The molecule has 0 spiro atoms. The van der Waals surface area contributed by atoms with Crippen molar-refractivity contribution in [2.75, 3.05) is 52.5 Å². The van der Waals surface area contributed by atoms with Gasteiger partial charge >= 0.3 is 0 Å². The molecule has 4 heterocycles. The van der Waals surface area contributed by atoms with Crippen molar-refractivity contribution >= 4 is 23.5 Å². The zero-order chi connectivity index (χ0) is 31.8. The Balaban J connectivity index is 1.04. The molecule has 2 fully saturated rings. The van der Waals surface area contributed by atoms with Crippen LogP contribution >= 0.6 is 0 Å². The molecule has 0 saturated carbocycles. The van der Waals surface area contributed by atoms with Crippen LogP contribution in [0.3, 0.4) is 0 Å². The van der Waals surface area contributed by atoms with Gasteiger partial charge in [-0.25, -0.2) is 0 Å². The Labute approximate surface area is 263 Å². The zero-order valence-electron chi connectivity index (χ0n) is 26.2. The third-order valence-electron chi connectivity index (χ3n) is 9.11. The van der Waals surface area contributed by atoms with Crippen LogP contribution in [0.5, 0.6) is 23.0 Å². The fourth-order valence-electron chi connectivity index (χ4n) is 6.66. The maximum atomic E-state index is 13.4. The number of rotatable bonds is 10. The predicted molar refractivity (Wildman–Crippen MR) is 171 cm³/mol. The molecule has 4 atom stereocenters. The molecule has 11 heteroatoms. The Morgan fingerprint density at radius 2 is 1.56 bits per heavy atom. The molecule has 2 aromatic carbocycles. The van der Waals surface area contributed by atoms with Crippen molar-refractivity contribution in [1.82, 2.24) is 9.80 Å². The lowest BCUT2D eigenvalue weighted by Crippen LogP contribution is -2.47. The highest BCUT2D eigenvalue weighted by Gasteiger charge is 2.42. The number of likely N-dealkylation sites (N-methyl/N-ethyl adjacent to an activating group) is 1. The van der Waals surface area contributed by atoms with Gasteiger partial charge in [-0.15, -0.1) is 0 Å². The van der Waals surface area contributed by atoms with E-state index >= 15 is 0 Å². The highest BCUT2D eigenvalue weighted by molar-refractivity contribution is 6.02. The number of aliphatic hydroxyl groups is 2. The van der Waals surface area contributed by atoms with E-state index in [0.717, 1.165) is 36.8 Å². The first kappa shape index (κ1) is 30.9. The van der Waals surface area contributed by atoms with E-state index in [1.807, 2.05) is 23.2 Å². The number of carbonyl (C=O) groups is 1. The second-order valence-corrected chi connectivity index (χ2v) is 12.2. The average molecular weight is 619 g/mol. The Morgan fingerprint density at radius 1 is 0.889 bits per heavy atom. The predicted octanol–water partition coefficient (Wildman–Crippen LogP) is 4.21. The van der Waals surface area contributed by atoms with Crippen LogP contribution in [0.15, 0.2) is 53.6 Å². The second-order valence-electron chi connectivity index (χ2n) is 12.2. The highest BCUT2D eigenvalue weighted by atomic mass is 16.5. The number of unbranched alkanes of at least 4 members (excludes halogenated alkanes) is 2. The van der Waals surface area contributed by atoms with Crippen LogP contribution < -0.4 is 23.8 Å². The molecule has 4 aliphatic rings. The summed E-state index contributed by atoms with van der Waals surface area (Å²) in [5.74, 6) is 1.98. The Morgan fingerprint density at radius 3 is 2.27 bits per heavy atom. The van der Waals surface area contributed by atoms with Gasteiger partial charge < -0.3 is 39.0 Å². The summed E-state index contributed by atoms with van der Waals surface area (Å²) in [5, 5.41) is 22.1. The van der Waals surface area contributed by atoms with Crippen LogP contribution in [0.2, 0.25) is 0 Å². The maximum absolute atomic E-state index is 13.4. The minimum atomic E-state index is -0.858. The SMILES string of the molecule is C=C1CC2C(O)N(C)c3cc(OCCCCCOc4cc5c(cc4OC)C(O)N4CC(=C)CC4C=N5)c(OC)cc3C(=O)N2C1. The molecule has 2 N–H and O–H groups in total. The summed E-state index contributed by atoms with van der Waals surface area (Å²) in [4.78, 5) is 23.5. The first-order valence-electron chi connectivity index (χ1n) is 15.4. The van der Waals surface area contributed by atoms with Crippen LogP contribution in [0.25, 0.3) is 0 Å². The molecule has 4 aliphatic heterocycles. The number of amides is 1. The number of carbonyl (C=O) groups excluding carboxylic acids is 1. The molecule has 45 heavy (non-hydrogen) atoms. The number of methoxy groups -OCH3 is 2. The first-order chi connectivity index (χ1) is 21.7. The number of aliphatic imine (C=N–C) groups is 1. The van der Waals surface area contributed by atoms with Crippen molar-refractivity contribution in [3.8, 4) is 23.0 Å². The summed E-state index contributed by atoms with van der Waals surface area (Å²) >= 11 is 0. The smallest absolute Gasteiger partial charge is 0.256 e. The van der Waals surface area contributed by atoms with E-state index in [1.54, 1.807) is 43.2 Å². The number of benzene rings is 2. The normalized spacial score (nSPS) is 24.1. The van der Waals surface area contributed by atoms with E-state index in [9.17, 15) is 15.0 Å². The lowest BCUT2D eigenvalue weighted by atomic mass is 10.1. The summed E-state index contributed by atoms with van der Waals surface area (Å²) in [6.07, 6.45) is 4.01. The largest absolute Gasteiger partial charge is 0.493 e. The number of nitrogens with zero attached hydrogens (tertiary/aromatic N) is 4.